The van der Waals surface area contributed by atoms with Gasteiger partial charge in [0.05, 0.1) is 18.1 Å². The van der Waals surface area contributed by atoms with Gasteiger partial charge in [-0.1, -0.05) is 11.8 Å². The molecule has 0 saturated heterocycles. The number of sulfonamides is 1. The third-order valence-corrected chi connectivity index (χ3v) is 4.17. The second kappa shape index (κ2) is 8.80. The lowest BCUT2D eigenvalue weighted by atomic mass is 10.2. The highest BCUT2D eigenvalue weighted by atomic mass is 32.2. The van der Waals surface area contributed by atoms with Gasteiger partial charge in [-0.3, -0.25) is 0 Å². The van der Waals surface area contributed by atoms with Gasteiger partial charge in [0.25, 0.3) is 0 Å². The minimum atomic E-state index is -3.55. The Kier molecular flexibility index (Phi) is 7.40. The van der Waals surface area contributed by atoms with Crippen LogP contribution in [0.25, 0.3) is 0 Å². The van der Waals surface area contributed by atoms with Crippen molar-refractivity contribution >= 4 is 10.0 Å². The third-order valence-electron chi connectivity index (χ3n) is 2.56. The van der Waals surface area contributed by atoms with Crippen LogP contribution in [-0.4, -0.2) is 39.4 Å². The van der Waals surface area contributed by atoms with Crippen molar-refractivity contribution in [3.63, 3.8) is 0 Å². The number of aliphatic hydroxyl groups excluding tert-OH is 1. The van der Waals surface area contributed by atoms with Gasteiger partial charge in [-0.15, -0.1) is 0 Å². The Bertz CT molecular complexity index is 584. The fourth-order valence-electron chi connectivity index (χ4n) is 1.60. The van der Waals surface area contributed by atoms with E-state index in [9.17, 15) is 8.42 Å². The lowest BCUT2D eigenvalue weighted by molar-refractivity contribution is 0.133. The van der Waals surface area contributed by atoms with Gasteiger partial charge >= 0.3 is 0 Å². The predicted octanol–water partition coefficient (Wildman–Crippen LogP) is 1.12. The zero-order valence-corrected chi connectivity index (χ0v) is 13.1. The van der Waals surface area contributed by atoms with E-state index in [1.165, 1.54) is 12.1 Å². The van der Waals surface area contributed by atoms with Crippen molar-refractivity contribution in [1.82, 2.24) is 4.72 Å². The summed E-state index contributed by atoms with van der Waals surface area (Å²) in [6.07, 6.45) is 0.399. The molecule has 5 nitrogen and oxygen atoms in total. The molecule has 0 aromatic heterocycles. The van der Waals surface area contributed by atoms with Crippen LogP contribution in [0.2, 0.25) is 0 Å². The number of nitrogens with one attached hydrogen (secondary N) is 1. The quantitative estimate of drug-likeness (QED) is 0.740. The monoisotopic (exact) mass is 311 g/mol. The van der Waals surface area contributed by atoms with Crippen LogP contribution < -0.4 is 4.72 Å². The van der Waals surface area contributed by atoms with E-state index in [-0.39, 0.29) is 17.5 Å². The SMILES string of the molecule is CCOCC(C)NS(=O)(=O)c1ccc(C#CCCO)cc1. The minimum Gasteiger partial charge on any atom is -0.395 e. The highest BCUT2D eigenvalue weighted by molar-refractivity contribution is 7.89. The maximum atomic E-state index is 12.1. The molecule has 0 aliphatic rings. The van der Waals surface area contributed by atoms with Crippen LogP contribution in [0.4, 0.5) is 0 Å². The molecule has 0 amide bonds. The molecular weight excluding hydrogens is 290 g/mol. The molecule has 0 aliphatic heterocycles. The van der Waals surface area contributed by atoms with Gasteiger partial charge in [0.2, 0.25) is 10.0 Å². The molecule has 0 saturated carbocycles. The predicted molar refractivity (Wildman–Crippen MR) is 81.3 cm³/mol. The second-order valence-corrected chi connectivity index (χ2v) is 6.20. The number of ether oxygens (including phenoxy) is 1. The molecule has 1 atom stereocenters. The number of hydrogen-bond donors (Lipinski definition) is 2. The molecule has 1 rings (SSSR count). The summed E-state index contributed by atoms with van der Waals surface area (Å²) < 4.78 is 32.0. The lowest BCUT2D eigenvalue weighted by Crippen LogP contribution is -2.35. The molecule has 0 aliphatic carbocycles. The Morgan fingerprint density at radius 2 is 2.00 bits per heavy atom. The first kappa shape index (κ1) is 17.7. The van der Waals surface area contributed by atoms with Crippen LogP contribution in [0, 0.1) is 11.8 Å². The maximum Gasteiger partial charge on any atom is 0.240 e. The van der Waals surface area contributed by atoms with Gasteiger partial charge in [0.1, 0.15) is 0 Å². The average molecular weight is 311 g/mol. The van der Waals surface area contributed by atoms with Crippen molar-refractivity contribution in [2.45, 2.75) is 31.2 Å². The summed E-state index contributed by atoms with van der Waals surface area (Å²) in [4.78, 5) is 0.193. The number of hydrogen-bond acceptors (Lipinski definition) is 4. The van der Waals surface area contributed by atoms with Crippen molar-refractivity contribution in [1.29, 1.82) is 0 Å². The van der Waals surface area contributed by atoms with Gasteiger partial charge in [-0.25, -0.2) is 13.1 Å². The highest BCUT2D eigenvalue weighted by Gasteiger charge is 2.16. The Labute approximate surface area is 126 Å². The largest absolute Gasteiger partial charge is 0.395 e. The third kappa shape index (κ3) is 6.27. The standard InChI is InChI=1S/C15H21NO4S/c1-3-20-12-13(2)16-21(18,19)15-9-7-14(8-10-15)6-4-5-11-17/h7-10,13,16-17H,3,5,11-12H2,1-2H3. The molecular formula is C15H21NO4S. The number of rotatable bonds is 7. The molecule has 0 fully saturated rings. The first-order chi connectivity index (χ1) is 9.99. The Morgan fingerprint density at radius 3 is 2.57 bits per heavy atom. The summed E-state index contributed by atoms with van der Waals surface area (Å²) >= 11 is 0. The molecule has 116 valence electrons. The van der Waals surface area contributed by atoms with Crippen molar-refractivity contribution in [2.24, 2.45) is 0 Å². The molecule has 0 radical (unpaired) electrons. The first-order valence-corrected chi connectivity index (χ1v) is 8.27. The lowest BCUT2D eigenvalue weighted by Gasteiger charge is -2.14. The van der Waals surface area contributed by atoms with Gasteiger partial charge in [-0.2, -0.15) is 0 Å². The van der Waals surface area contributed by atoms with E-state index in [0.29, 0.717) is 25.2 Å². The zero-order valence-electron chi connectivity index (χ0n) is 12.3. The molecule has 0 spiro atoms. The second-order valence-electron chi connectivity index (χ2n) is 4.48. The summed E-state index contributed by atoms with van der Waals surface area (Å²) in [5, 5.41) is 8.64. The van der Waals surface area contributed by atoms with E-state index >= 15 is 0 Å². The van der Waals surface area contributed by atoms with E-state index in [0.717, 1.165) is 0 Å². The maximum absolute atomic E-state index is 12.1. The smallest absolute Gasteiger partial charge is 0.240 e. The minimum absolute atomic E-state index is 0.0150. The fraction of sp³-hybridized carbons (Fsp3) is 0.467. The molecule has 0 bridgehead atoms. The van der Waals surface area contributed by atoms with Gasteiger partial charge in [-0.05, 0) is 38.1 Å². The van der Waals surface area contributed by atoms with Crippen LogP contribution in [0.1, 0.15) is 25.8 Å². The highest BCUT2D eigenvalue weighted by Crippen LogP contribution is 2.10. The molecule has 1 unspecified atom stereocenters. The number of benzene rings is 1. The average Bonchev–Trinajstić information content (AvgIpc) is 2.45. The van der Waals surface area contributed by atoms with Crippen LogP contribution in [0.15, 0.2) is 29.2 Å². The topological polar surface area (TPSA) is 75.6 Å². The first-order valence-electron chi connectivity index (χ1n) is 6.79. The molecule has 0 heterocycles. The molecule has 6 heteroatoms. The van der Waals surface area contributed by atoms with Crippen molar-refractivity contribution in [2.75, 3.05) is 19.8 Å². The van der Waals surface area contributed by atoms with Crippen LogP contribution >= 0.6 is 0 Å². The summed E-state index contributed by atoms with van der Waals surface area (Å²) in [6.45, 7) is 4.51. The van der Waals surface area contributed by atoms with E-state index < -0.39 is 10.0 Å². The normalized spacial score (nSPS) is 12.5. The fourth-order valence-corrected chi connectivity index (χ4v) is 2.83. The molecule has 1 aromatic rings. The van der Waals surface area contributed by atoms with E-state index in [2.05, 4.69) is 16.6 Å². The van der Waals surface area contributed by atoms with E-state index in [4.69, 9.17) is 9.84 Å². The van der Waals surface area contributed by atoms with Crippen LogP contribution in [-0.2, 0) is 14.8 Å². The van der Waals surface area contributed by atoms with Crippen LogP contribution in [0.3, 0.4) is 0 Å². The number of aliphatic hydroxyl groups is 1. The molecule has 1 aromatic carbocycles. The molecule has 21 heavy (non-hydrogen) atoms. The Morgan fingerprint density at radius 1 is 1.33 bits per heavy atom. The Balaban J connectivity index is 2.74. The van der Waals surface area contributed by atoms with Gasteiger partial charge in [0.15, 0.2) is 0 Å². The summed E-state index contributed by atoms with van der Waals surface area (Å²) in [6, 6.07) is 6.02. The van der Waals surface area contributed by atoms with Gasteiger partial charge < -0.3 is 9.84 Å². The summed E-state index contributed by atoms with van der Waals surface area (Å²) in [7, 11) is -3.55. The van der Waals surface area contributed by atoms with Crippen molar-refractivity contribution in [3.8, 4) is 11.8 Å². The Hall–Kier alpha value is -1.39. The summed E-state index contributed by atoms with van der Waals surface area (Å²) in [5.41, 5.74) is 0.713. The van der Waals surface area contributed by atoms with Crippen molar-refractivity contribution in [3.05, 3.63) is 29.8 Å². The van der Waals surface area contributed by atoms with E-state index in [1.54, 1.807) is 19.1 Å². The molecule has 2 N–H and O–H groups in total. The summed E-state index contributed by atoms with van der Waals surface area (Å²) in [5.74, 6) is 5.63. The van der Waals surface area contributed by atoms with Gasteiger partial charge in [0, 0.05) is 24.6 Å². The van der Waals surface area contributed by atoms with E-state index in [1.807, 2.05) is 6.92 Å². The van der Waals surface area contributed by atoms with Crippen LogP contribution in [0.5, 0.6) is 0 Å². The zero-order chi connectivity index (χ0) is 15.7. The van der Waals surface area contributed by atoms with Crippen molar-refractivity contribution < 1.29 is 18.3 Å².